The first-order chi connectivity index (χ1) is 24.6. The predicted octanol–water partition coefficient (Wildman–Crippen LogP) is 11.2. The Labute approximate surface area is 291 Å². The number of nitrogens with one attached hydrogen (secondary N) is 1. The van der Waals surface area contributed by atoms with Gasteiger partial charge in [-0.1, -0.05) is 115 Å². The first-order valence-electron chi connectivity index (χ1n) is 16.6. The molecule has 9 aromatic rings. The lowest BCUT2D eigenvalue weighted by molar-refractivity contribution is 1.02. The Morgan fingerprint density at radius 2 is 1.10 bits per heavy atom. The third-order valence-corrected chi connectivity index (χ3v) is 9.36. The van der Waals surface area contributed by atoms with Crippen molar-refractivity contribution >= 4 is 50.8 Å². The van der Waals surface area contributed by atoms with Gasteiger partial charge in [0.05, 0.1) is 28.1 Å². The maximum Gasteiger partial charge on any atom is 0.0973 e. The Balaban J connectivity index is 0.000000146. The zero-order valence-electron chi connectivity index (χ0n) is 27.7. The van der Waals surface area contributed by atoms with Gasteiger partial charge in [0.25, 0.3) is 0 Å². The number of rotatable bonds is 6. The first-order valence-corrected chi connectivity index (χ1v) is 16.6. The van der Waals surface area contributed by atoms with Crippen LogP contribution >= 0.6 is 0 Å². The van der Waals surface area contributed by atoms with E-state index in [0.29, 0.717) is 11.4 Å². The van der Waals surface area contributed by atoms with Crippen molar-refractivity contribution in [3.8, 4) is 22.5 Å². The van der Waals surface area contributed by atoms with E-state index >= 15 is 0 Å². The topological polar surface area (TPSA) is 51.0 Å². The summed E-state index contributed by atoms with van der Waals surface area (Å²) in [5.41, 5.74) is 11.0. The first kappa shape index (κ1) is 30.6. The molecule has 240 valence electrons. The fourth-order valence-corrected chi connectivity index (χ4v) is 6.91. The van der Waals surface area contributed by atoms with Crippen LogP contribution in [-0.4, -0.2) is 26.1 Å². The van der Waals surface area contributed by atoms with Crippen LogP contribution in [-0.2, 0) is 7.05 Å². The van der Waals surface area contributed by atoms with E-state index in [2.05, 4.69) is 131 Å². The van der Waals surface area contributed by atoms with Gasteiger partial charge in [-0.2, -0.15) is 0 Å². The van der Waals surface area contributed by atoms with E-state index < -0.39 is 0 Å². The second-order valence-corrected chi connectivity index (χ2v) is 12.2. The molecular weight excluding hydrogens is 611 g/mol. The van der Waals surface area contributed by atoms with E-state index in [1.54, 1.807) is 0 Å². The van der Waals surface area contributed by atoms with E-state index in [4.69, 9.17) is 5.41 Å². The summed E-state index contributed by atoms with van der Waals surface area (Å²) < 4.78 is 6.55. The summed E-state index contributed by atoms with van der Waals surface area (Å²) in [6.45, 7) is 3.67. The minimum atomic E-state index is 0.422. The molecule has 0 bridgehead atoms. The van der Waals surface area contributed by atoms with E-state index in [-0.39, 0.29) is 0 Å². The molecule has 0 saturated carbocycles. The van der Waals surface area contributed by atoms with Gasteiger partial charge in [-0.25, -0.2) is 0 Å². The molecule has 6 aromatic carbocycles. The maximum absolute atomic E-state index is 8.79. The van der Waals surface area contributed by atoms with Gasteiger partial charge in [0.2, 0.25) is 0 Å². The van der Waals surface area contributed by atoms with Crippen LogP contribution in [0.25, 0.3) is 55.2 Å². The second-order valence-electron chi connectivity index (χ2n) is 12.2. The molecule has 0 saturated heterocycles. The minimum absolute atomic E-state index is 0.422. The zero-order valence-corrected chi connectivity index (χ0v) is 27.7. The molecule has 5 nitrogen and oxygen atoms in total. The molecule has 0 aliphatic rings. The number of aliphatic imine (C=N–C) groups is 1. The molecule has 50 heavy (non-hydrogen) atoms. The molecular formula is C45H35N5. The Hall–Kier alpha value is -6.72. The van der Waals surface area contributed by atoms with Gasteiger partial charge in [-0.05, 0) is 66.4 Å². The highest BCUT2D eigenvalue weighted by molar-refractivity contribution is 6.17. The van der Waals surface area contributed by atoms with E-state index in [9.17, 15) is 0 Å². The number of hydrogen-bond acceptors (Lipinski definition) is 2. The average Bonchev–Trinajstić information content (AvgIpc) is 3.90. The quantitative estimate of drug-likeness (QED) is 0.175. The standard InChI is InChI=1S/C24H19N3.C21H16N2/c1-26-22-16-17-27(21-10-6-3-7-11-21)24(22)23(25)20-14-12-19(13-15-20)18-8-4-2-5-9-18;1-22-19-10-6-5-9-16(19)17-11-12-20-18(21(17)22)13-14-23(20)15-7-3-2-4-8-15/h2-17,25H,1H2;2-14H,1H3. The van der Waals surface area contributed by atoms with Gasteiger partial charge in [0.1, 0.15) is 0 Å². The van der Waals surface area contributed by atoms with Crippen molar-refractivity contribution in [2.75, 3.05) is 0 Å². The number of aryl methyl sites for hydroxylation is 1. The molecule has 0 fully saturated rings. The fourth-order valence-electron chi connectivity index (χ4n) is 6.91. The van der Waals surface area contributed by atoms with Crippen molar-refractivity contribution in [3.63, 3.8) is 0 Å². The smallest absolute Gasteiger partial charge is 0.0973 e. The maximum atomic E-state index is 8.79. The fraction of sp³-hybridized carbons (Fsp3) is 0.0222. The van der Waals surface area contributed by atoms with Crippen LogP contribution in [0, 0.1) is 5.41 Å². The summed E-state index contributed by atoms with van der Waals surface area (Å²) in [4.78, 5) is 4.12. The predicted molar refractivity (Wildman–Crippen MR) is 210 cm³/mol. The van der Waals surface area contributed by atoms with E-state index in [0.717, 1.165) is 28.1 Å². The molecule has 0 amide bonds. The van der Waals surface area contributed by atoms with Crippen molar-refractivity contribution in [2.24, 2.45) is 12.0 Å². The number of hydrogen-bond donors (Lipinski definition) is 1. The summed E-state index contributed by atoms with van der Waals surface area (Å²) in [6.07, 6.45) is 4.10. The summed E-state index contributed by atoms with van der Waals surface area (Å²) >= 11 is 0. The minimum Gasteiger partial charge on any atom is -0.343 e. The third-order valence-electron chi connectivity index (χ3n) is 9.36. The highest BCUT2D eigenvalue weighted by atomic mass is 15.0. The highest BCUT2D eigenvalue weighted by Gasteiger charge is 2.17. The van der Waals surface area contributed by atoms with Crippen LogP contribution in [0.4, 0.5) is 5.69 Å². The molecule has 3 aromatic heterocycles. The molecule has 0 spiro atoms. The summed E-state index contributed by atoms with van der Waals surface area (Å²) in [7, 11) is 2.16. The number of nitrogens with zero attached hydrogens (tertiary/aromatic N) is 4. The van der Waals surface area contributed by atoms with Crippen LogP contribution in [0.1, 0.15) is 11.3 Å². The van der Waals surface area contributed by atoms with Crippen LogP contribution in [0.2, 0.25) is 0 Å². The van der Waals surface area contributed by atoms with Crippen molar-refractivity contribution < 1.29 is 0 Å². The van der Waals surface area contributed by atoms with Crippen molar-refractivity contribution in [1.29, 1.82) is 5.41 Å². The summed E-state index contributed by atoms with van der Waals surface area (Å²) in [6, 6.07) is 56.0. The van der Waals surface area contributed by atoms with Gasteiger partial charge in [0.15, 0.2) is 0 Å². The lowest BCUT2D eigenvalue weighted by Crippen LogP contribution is -2.08. The monoisotopic (exact) mass is 645 g/mol. The molecule has 0 aliphatic carbocycles. The Kier molecular flexibility index (Phi) is 7.99. The Morgan fingerprint density at radius 3 is 1.78 bits per heavy atom. The van der Waals surface area contributed by atoms with Crippen LogP contribution in [0.5, 0.6) is 0 Å². The second kappa shape index (κ2) is 13.1. The number of fused-ring (bicyclic) bond motifs is 5. The van der Waals surface area contributed by atoms with Crippen molar-refractivity contribution in [2.45, 2.75) is 0 Å². The van der Waals surface area contributed by atoms with Gasteiger partial charge in [-0.3, -0.25) is 10.4 Å². The van der Waals surface area contributed by atoms with Crippen LogP contribution in [0.3, 0.4) is 0 Å². The number of aromatic nitrogens is 3. The summed E-state index contributed by atoms with van der Waals surface area (Å²) in [5, 5.41) is 12.7. The third kappa shape index (κ3) is 5.41. The van der Waals surface area contributed by atoms with Gasteiger partial charge in [-0.15, -0.1) is 0 Å². The lowest BCUT2D eigenvalue weighted by Gasteiger charge is -2.12. The molecule has 9 rings (SSSR count). The molecule has 5 heteroatoms. The van der Waals surface area contributed by atoms with Crippen molar-refractivity contribution in [3.05, 3.63) is 187 Å². The normalized spacial score (nSPS) is 11.1. The van der Waals surface area contributed by atoms with Crippen molar-refractivity contribution in [1.82, 2.24) is 13.7 Å². The largest absolute Gasteiger partial charge is 0.343 e. The molecule has 1 N–H and O–H groups in total. The number of benzene rings is 6. The Bertz CT molecular complexity index is 2610. The SMILES string of the molecule is C=Nc1ccn(-c2ccccc2)c1C(=N)c1ccc(-c2ccccc2)cc1.Cn1c2ccccc2c2ccc3c(ccn3-c3ccccc3)c21. The molecule has 0 atom stereocenters. The van der Waals surface area contributed by atoms with Gasteiger partial charge < -0.3 is 13.7 Å². The lowest BCUT2D eigenvalue weighted by atomic mass is 10.0. The Morgan fingerprint density at radius 1 is 0.520 bits per heavy atom. The molecule has 0 unspecified atom stereocenters. The van der Waals surface area contributed by atoms with E-state index in [1.165, 1.54) is 38.4 Å². The van der Waals surface area contributed by atoms with E-state index in [1.807, 2.05) is 77.5 Å². The van der Waals surface area contributed by atoms with Gasteiger partial charge in [0, 0.05) is 58.1 Å². The molecule has 3 heterocycles. The average molecular weight is 646 g/mol. The zero-order chi connectivity index (χ0) is 34.0. The highest BCUT2D eigenvalue weighted by Crippen LogP contribution is 2.35. The summed E-state index contributed by atoms with van der Waals surface area (Å²) in [5.74, 6) is 0. The molecule has 0 radical (unpaired) electrons. The van der Waals surface area contributed by atoms with Gasteiger partial charge >= 0.3 is 0 Å². The van der Waals surface area contributed by atoms with Crippen LogP contribution in [0.15, 0.2) is 181 Å². The number of para-hydroxylation sites is 3. The molecule has 0 aliphatic heterocycles. The van der Waals surface area contributed by atoms with Crippen LogP contribution < -0.4 is 0 Å².